The van der Waals surface area contributed by atoms with E-state index in [-0.39, 0.29) is 23.0 Å². The highest BCUT2D eigenvalue weighted by atomic mass is 19.1. The van der Waals surface area contributed by atoms with Crippen molar-refractivity contribution in [2.75, 3.05) is 7.05 Å². The molecule has 0 fully saturated rings. The number of nitrogens with one attached hydrogen (secondary N) is 1. The van der Waals surface area contributed by atoms with E-state index in [0.717, 1.165) is 5.56 Å². The zero-order valence-corrected chi connectivity index (χ0v) is 12.3. The maximum absolute atomic E-state index is 12.9. The first-order valence-electron chi connectivity index (χ1n) is 6.63. The number of ketones is 1. The lowest BCUT2D eigenvalue weighted by molar-refractivity contribution is -0.113. The third kappa shape index (κ3) is 3.28. The van der Waals surface area contributed by atoms with Crippen molar-refractivity contribution in [1.29, 1.82) is 5.41 Å². The number of carbonyl (C=O) groups is 1. The predicted octanol–water partition coefficient (Wildman–Crippen LogP) is 2.52. The van der Waals surface area contributed by atoms with Crippen LogP contribution in [0.15, 0.2) is 52.8 Å². The second-order valence-corrected chi connectivity index (χ2v) is 5.03. The molecule has 6 heteroatoms. The van der Waals surface area contributed by atoms with Crippen molar-refractivity contribution in [2.45, 2.75) is 13.5 Å². The SMILES string of the molecule is CC(=O)C1=C/C(=N/O)C(=N)C(N(C)Cc2ccc(F)cc2)=C1. The van der Waals surface area contributed by atoms with Gasteiger partial charge in [-0.1, -0.05) is 17.3 Å². The molecule has 0 radical (unpaired) electrons. The van der Waals surface area contributed by atoms with Gasteiger partial charge in [-0.05, 0) is 36.8 Å². The Kier molecular flexibility index (Phi) is 4.50. The van der Waals surface area contributed by atoms with Crippen LogP contribution in [0.1, 0.15) is 12.5 Å². The fraction of sp³-hybridized carbons (Fsp3) is 0.188. The average Bonchev–Trinajstić information content (AvgIpc) is 2.49. The Morgan fingerprint density at radius 1 is 1.32 bits per heavy atom. The lowest BCUT2D eigenvalue weighted by Crippen LogP contribution is -2.30. The molecule has 0 aromatic heterocycles. The zero-order valence-electron chi connectivity index (χ0n) is 12.3. The Bertz CT molecular complexity index is 703. The fourth-order valence-corrected chi connectivity index (χ4v) is 2.14. The molecule has 1 aliphatic carbocycles. The summed E-state index contributed by atoms with van der Waals surface area (Å²) in [7, 11) is 1.75. The second kappa shape index (κ2) is 6.34. The zero-order chi connectivity index (χ0) is 16.3. The highest BCUT2D eigenvalue weighted by Gasteiger charge is 2.22. The van der Waals surface area contributed by atoms with E-state index in [4.69, 9.17) is 10.6 Å². The Balaban J connectivity index is 2.28. The third-order valence-corrected chi connectivity index (χ3v) is 3.36. The van der Waals surface area contributed by atoms with Crippen molar-refractivity contribution in [3.63, 3.8) is 0 Å². The molecule has 0 unspecified atom stereocenters. The number of carbonyl (C=O) groups excluding carboxylic acids is 1. The topological polar surface area (TPSA) is 76.7 Å². The Morgan fingerprint density at radius 2 is 1.95 bits per heavy atom. The van der Waals surface area contributed by atoms with Crippen LogP contribution < -0.4 is 0 Å². The van der Waals surface area contributed by atoms with Gasteiger partial charge in [0.25, 0.3) is 0 Å². The van der Waals surface area contributed by atoms with Gasteiger partial charge < -0.3 is 10.1 Å². The van der Waals surface area contributed by atoms with Crippen LogP contribution in [0.2, 0.25) is 0 Å². The van der Waals surface area contributed by atoms with Gasteiger partial charge in [0.2, 0.25) is 0 Å². The van der Waals surface area contributed by atoms with Crippen LogP contribution in [0, 0.1) is 11.2 Å². The van der Waals surface area contributed by atoms with Crippen LogP contribution in [0.25, 0.3) is 0 Å². The highest BCUT2D eigenvalue weighted by Crippen LogP contribution is 2.19. The van der Waals surface area contributed by atoms with E-state index >= 15 is 0 Å². The Hall–Kier alpha value is -2.76. The fourth-order valence-electron chi connectivity index (χ4n) is 2.14. The summed E-state index contributed by atoms with van der Waals surface area (Å²) in [6, 6.07) is 6.04. The van der Waals surface area contributed by atoms with E-state index in [1.54, 1.807) is 30.2 Å². The van der Waals surface area contributed by atoms with Gasteiger partial charge in [-0.25, -0.2) is 4.39 Å². The number of halogens is 1. The number of nitrogens with zero attached hydrogens (tertiary/aromatic N) is 2. The molecule has 5 nitrogen and oxygen atoms in total. The summed E-state index contributed by atoms with van der Waals surface area (Å²) in [5.74, 6) is -0.492. The minimum atomic E-state index is -0.312. The largest absolute Gasteiger partial charge is 0.410 e. The van der Waals surface area contributed by atoms with Gasteiger partial charge in [0.1, 0.15) is 17.2 Å². The van der Waals surface area contributed by atoms with E-state index in [1.807, 2.05) is 0 Å². The van der Waals surface area contributed by atoms with Crippen LogP contribution >= 0.6 is 0 Å². The first-order chi connectivity index (χ1) is 10.4. The summed E-state index contributed by atoms with van der Waals surface area (Å²) >= 11 is 0. The van der Waals surface area contributed by atoms with Gasteiger partial charge in [0, 0.05) is 19.2 Å². The lowest BCUT2D eigenvalue weighted by atomic mass is 9.97. The van der Waals surface area contributed by atoms with Gasteiger partial charge in [-0.3, -0.25) is 10.2 Å². The Morgan fingerprint density at radius 3 is 2.50 bits per heavy atom. The molecule has 1 aromatic carbocycles. The molecule has 0 spiro atoms. The second-order valence-electron chi connectivity index (χ2n) is 5.03. The number of allylic oxidation sites excluding steroid dienone is 4. The summed E-state index contributed by atoms with van der Waals surface area (Å²) in [5.41, 5.74) is 1.75. The van der Waals surface area contributed by atoms with Gasteiger partial charge >= 0.3 is 0 Å². The standard InChI is InChI=1S/C16H16FN3O2/c1-10(21)12-7-14(19-22)16(18)15(8-12)20(2)9-11-3-5-13(17)6-4-11/h3-8,18,22H,9H2,1-2H3/b18-16?,19-14-. The number of hydrogen-bond donors (Lipinski definition) is 2. The molecule has 114 valence electrons. The molecule has 0 aliphatic heterocycles. The van der Waals surface area contributed by atoms with Crippen molar-refractivity contribution in [2.24, 2.45) is 5.16 Å². The summed E-state index contributed by atoms with van der Waals surface area (Å²) in [6.45, 7) is 1.84. The molecule has 0 saturated heterocycles. The molecular weight excluding hydrogens is 285 g/mol. The maximum Gasteiger partial charge on any atom is 0.159 e. The minimum absolute atomic E-state index is 0.0251. The average molecular weight is 301 g/mol. The number of benzene rings is 1. The molecular formula is C16H16FN3O2. The number of oxime groups is 1. The van der Waals surface area contributed by atoms with Crippen LogP contribution in [0.4, 0.5) is 4.39 Å². The smallest absolute Gasteiger partial charge is 0.159 e. The van der Waals surface area contributed by atoms with Crippen molar-refractivity contribution >= 4 is 17.2 Å². The maximum atomic E-state index is 12.9. The van der Waals surface area contributed by atoms with Gasteiger partial charge in [-0.2, -0.15) is 0 Å². The van der Waals surface area contributed by atoms with Crippen molar-refractivity contribution in [3.8, 4) is 0 Å². The van der Waals surface area contributed by atoms with Gasteiger partial charge in [0.05, 0.1) is 5.70 Å². The quantitative estimate of drug-likeness (QED) is 0.509. The summed E-state index contributed by atoms with van der Waals surface area (Å²) in [4.78, 5) is 13.3. The molecule has 0 bridgehead atoms. The summed E-state index contributed by atoms with van der Waals surface area (Å²) in [6.07, 6.45) is 2.96. The number of hydrogen-bond acceptors (Lipinski definition) is 5. The third-order valence-electron chi connectivity index (χ3n) is 3.36. The van der Waals surface area contributed by atoms with Crippen molar-refractivity contribution in [3.05, 3.63) is 59.1 Å². The summed E-state index contributed by atoms with van der Waals surface area (Å²) in [5, 5.41) is 20.1. The lowest BCUT2D eigenvalue weighted by Gasteiger charge is -2.25. The summed E-state index contributed by atoms with van der Waals surface area (Å²) < 4.78 is 12.9. The van der Waals surface area contributed by atoms with Gasteiger partial charge in [0.15, 0.2) is 5.78 Å². The molecule has 0 atom stereocenters. The van der Waals surface area contributed by atoms with Crippen LogP contribution in [0.5, 0.6) is 0 Å². The Labute approximate surface area is 127 Å². The van der Waals surface area contributed by atoms with E-state index < -0.39 is 0 Å². The van der Waals surface area contributed by atoms with E-state index in [9.17, 15) is 9.18 Å². The predicted molar refractivity (Wildman–Crippen MR) is 81.7 cm³/mol. The molecule has 22 heavy (non-hydrogen) atoms. The van der Waals surface area contributed by atoms with Crippen LogP contribution in [0.3, 0.4) is 0 Å². The minimum Gasteiger partial charge on any atom is -0.410 e. The molecule has 0 heterocycles. The van der Waals surface area contributed by atoms with Crippen LogP contribution in [-0.4, -0.2) is 34.4 Å². The first-order valence-corrected chi connectivity index (χ1v) is 6.63. The van der Waals surface area contributed by atoms with E-state index in [1.165, 1.54) is 25.1 Å². The molecule has 0 saturated carbocycles. The van der Waals surface area contributed by atoms with Crippen LogP contribution in [-0.2, 0) is 11.3 Å². The molecule has 1 aromatic rings. The normalized spacial score (nSPS) is 16.3. The van der Waals surface area contributed by atoms with Gasteiger partial charge in [-0.15, -0.1) is 0 Å². The molecule has 2 N–H and O–H groups in total. The van der Waals surface area contributed by atoms with Crippen molar-refractivity contribution in [1.82, 2.24) is 4.90 Å². The first kappa shape index (κ1) is 15.6. The van der Waals surface area contributed by atoms with E-state index in [2.05, 4.69) is 5.16 Å². The highest BCUT2D eigenvalue weighted by molar-refractivity contribution is 6.52. The molecule has 2 rings (SSSR count). The van der Waals surface area contributed by atoms with Crippen molar-refractivity contribution < 1.29 is 14.4 Å². The molecule has 0 amide bonds. The van der Waals surface area contributed by atoms with E-state index in [0.29, 0.717) is 17.8 Å². The number of Topliss-reactive ketones (excluding diaryl/α,β-unsaturated/α-hetero) is 1. The molecule has 1 aliphatic rings. The monoisotopic (exact) mass is 301 g/mol. The number of rotatable bonds is 4.